The van der Waals surface area contributed by atoms with Crippen LogP contribution >= 0.6 is 0 Å². The minimum atomic E-state index is -1.00. The van der Waals surface area contributed by atoms with Gasteiger partial charge in [-0.3, -0.25) is 9.20 Å². The van der Waals surface area contributed by atoms with Gasteiger partial charge in [-0.1, -0.05) is 72.8 Å². The lowest BCUT2D eigenvalue weighted by Crippen LogP contribution is -2.28. The lowest BCUT2D eigenvalue weighted by Gasteiger charge is -2.13. The summed E-state index contributed by atoms with van der Waals surface area (Å²) in [4.78, 5) is 15.3. The Morgan fingerprint density at radius 2 is 1.65 bits per heavy atom. The first kappa shape index (κ1) is 24.4. The fraction of sp³-hybridized carbons (Fsp3) is 0.161. The van der Waals surface area contributed by atoms with E-state index in [9.17, 15) is 9.90 Å². The highest BCUT2D eigenvalue weighted by atomic mass is 16.4. The number of aliphatic hydroxyl groups is 1. The number of carboxylic acid groups (broad SMARTS) is 1. The van der Waals surface area contributed by atoms with E-state index in [-0.39, 0.29) is 13.0 Å². The molecule has 2 heterocycles. The van der Waals surface area contributed by atoms with E-state index in [4.69, 9.17) is 5.11 Å². The zero-order valence-electron chi connectivity index (χ0n) is 20.6. The number of rotatable bonds is 9. The van der Waals surface area contributed by atoms with Crippen LogP contribution < -0.4 is 5.32 Å². The Kier molecular flexibility index (Phi) is 7.12. The molecule has 0 saturated carbocycles. The number of fused-ring (bicyclic) bond motifs is 1. The third-order valence-electron chi connectivity index (χ3n) is 6.61. The number of aliphatic hydroxyl groups excluding tert-OH is 1. The van der Waals surface area contributed by atoms with E-state index in [0.29, 0.717) is 6.54 Å². The van der Waals surface area contributed by atoms with Gasteiger partial charge in [0, 0.05) is 24.8 Å². The van der Waals surface area contributed by atoms with Gasteiger partial charge in [0.05, 0.1) is 24.4 Å². The Morgan fingerprint density at radius 3 is 2.38 bits per heavy atom. The summed E-state index contributed by atoms with van der Waals surface area (Å²) < 4.78 is 2.09. The molecule has 6 nitrogen and oxygen atoms in total. The number of imidazole rings is 1. The number of hydrogen-bond acceptors (Lipinski definition) is 4. The van der Waals surface area contributed by atoms with E-state index in [1.165, 1.54) is 22.3 Å². The van der Waals surface area contributed by atoms with Crippen molar-refractivity contribution in [3.05, 3.63) is 108 Å². The first-order chi connectivity index (χ1) is 18.0. The average molecular weight is 492 g/mol. The predicted octanol–water partition coefficient (Wildman–Crippen LogP) is 5.57. The number of aromatic nitrogens is 2. The lowest BCUT2D eigenvalue weighted by atomic mass is 9.93. The molecule has 0 radical (unpaired) electrons. The minimum Gasteiger partial charge on any atom is -0.481 e. The van der Waals surface area contributed by atoms with Gasteiger partial charge in [0.15, 0.2) is 0 Å². The van der Waals surface area contributed by atoms with E-state index in [0.717, 1.165) is 28.0 Å². The topological polar surface area (TPSA) is 86.9 Å². The Morgan fingerprint density at radius 1 is 0.919 bits per heavy atom. The smallest absolute Gasteiger partial charge is 0.306 e. The normalized spacial score (nSPS) is 12.1. The van der Waals surface area contributed by atoms with Crippen molar-refractivity contribution >= 4 is 11.6 Å². The molecule has 0 fully saturated rings. The molecule has 3 aromatic carbocycles. The molecule has 0 saturated heterocycles. The number of carboxylic acids is 1. The molecular weight excluding hydrogens is 462 g/mol. The van der Waals surface area contributed by atoms with Gasteiger partial charge in [-0.2, -0.15) is 0 Å². The number of nitrogens with zero attached hydrogens (tertiary/aromatic N) is 2. The summed E-state index contributed by atoms with van der Waals surface area (Å²) in [5, 5.41) is 21.5. The van der Waals surface area contributed by atoms with Crippen molar-refractivity contribution in [2.75, 3.05) is 6.54 Å². The Balaban J connectivity index is 1.34. The van der Waals surface area contributed by atoms with Crippen LogP contribution in [0.1, 0.15) is 17.5 Å². The maximum absolute atomic E-state index is 10.7. The molecule has 186 valence electrons. The summed E-state index contributed by atoms with van der Waals surface area (Å²) in [6.07, 6.45) is 2.80. The van der Waals surface area contributed by atoms with E-state index in [1.54, 1.807) is 0 Å². The number of aliphatic carboxylic acids is 1. The van der Waals surface area contributed by atoms with Crippen LogP contribution in [0.5, 0.6) is 0 Å². The van der Waals surface area contributed by atoms with Crippen LogP contribution in [0.3, 0.4) is 0 Å². The second-order valence-electron chi connectivity index (χ2n) is 9.21. The summed E-state index contributed by atoms with van der Waals surface area (Å²) in [6, 6.07) is 29.3. The summed E-state index contributed by atoms with van der Waals surface area (Å²) in [7, 11) is 0. The van der Waals surface area contributed by atoms with Crippen molar-refractivity contribution in [1.82, 2.24) is 14.7 Å². The third kappa shape index (κ3) is 5.45. The van der Waals surface area contributed by atoms with Crippen LogP contribution in [0.4, 0.5) is 0 Å². The van der Waals surface area contributed by atoms with E-state index in [1.807, 2.05) is 24.4 Å². The van der Waals surface area contributed by atoms with Gasteiger partial charge < -0.3 is 15.5 Å². The van der Waals surface area contributed by atoms with Gasteiger partial charge >= 0.3 is 5.97 Å². The van der Waals surface area contributed by atoms with Gasteiger partial charge in [0.25, 0.3) is 0 Å². The Bertz CT molecular complexity index is 1530. The van der Waals surface area contributed by atoms with Crippen LogP contribution in [0.2, 0.25) is 0 Å². The molecule has 1 unspecified atom stereocenters. The lowest BCUT2D eigenvalue weighted by molar-refractivity contribution is -0.139. The van der Waals surface area contributed by atoms with Crippen LogP contribution in [0, 0.1) is 6.92 Å². The molecule has 0 aliphatic heterocycles. The molecular formula is C31H29N3O3. The minimum absolute atomic E-state index is 0.234. The molecule has 1 atom stereocenters. The molecule has 0 aliphatic carbocycles. The molecule has 6 heteroatoms. The van der Waals surface area contributed by atoms with Crippen molar-refractivity contribution in [2.45, 2.75) is 26.0 Å². The van der Waals surface area contributed by atoms with Crippen LogP contribution in [-0.2, 0) is 11.3 Å². The molecule has 3 N–H and O–H groups in total. The van der Waals surface area contributed by atoms with Crippen molar-refractivity contribution in [3.63, 3.8) is 0 Å². The molecule has 0 bridgehead atoms. The van der Waals surface area contributed by atoms with E-state index < -0.39 is 12.1 Å². The maximum atomic E-state index is 10.7. The van der Waals surface area contributed by atoms with E-state index >= 15 is 0 Å². The standard InChI is InChI=1S/C31H29N3O3/c1-21-27(23-6-3-2-4-7-23)8-5-9-28(21)25-14-15-34-29(20-33-30(34)16-25)24-12-10-22(11-13-24)18-32-19-26(35)17-31(36)37/h2-16,20,26,32,35H,17-19H2,1H3,(H,36,37). The van der Waals surface area contributed by atoms with Crippen LogP contribution in [0.15, 0.2) is 97.3 Å². The second kappa shape index (κ2) is 10.8. The highest BCUT2D eigenvalue weighted by molar-refractivity contribution is 5.80. The van der Waals surface area contributed by atoms with Gasteiger partial charge in [-0.25, -0.2) is 4.98 Å². The van der Waals surface area contributed by atoms with Crippen molar-refractivity contribution in [1.29, 1.82) is 0 Å². The maximum Gasteiger partial charge on any atom is 0.306 e. The third-order valence-corrected chi connectivity index (χ3v) is 6.61. The van der Waals surface area contributed by atoms with Crippen molar-refractivity contribution < 1.29 is 15.0 Å². The molecule has 2 aromatic heterocycles. The number of pyridine rings is 1. The highest BCUT2D eigenvalue weighted by Crippen LogP contribution is 2.33. The summed E-state index contributed by atoms with van der Waals surface area (Å²) in [5.74, 6) is -1.00. The van der Waals surface area contributed by atoms with Gasteiger partial charge in [-0.05, 0) is 52.4 Å². The monoisotopic (exact) mass is 491 g/mol. The summed E-state index contributed by atoms with van der Waals surface area (Å²) >= 11 is 0. The first-order valence-corrected chi connectivity index (χ1v) is 12.3. The average Bonchev–Trinajstić information content (AvgIpc) is 3.33. The highest BCUT2D eigenvalue weighted by Gasteiger charge is 2.12. The quantitative estimate of drug-likeness (QED) is 0.251. The SMILES string of the molecule is Cc1c(-c2ccccc2)cccc1-c1ccn2c(-c3ccc(CNCC(O)CC(=O)O)cc3)cnc2c1. The number of benzene rings is 3. The molecule has 0 spiro atoms. The van der Waals surface area contributed by atoms with E-state index in [2.05, 4.69) is 94.6 Å². The Hall–Kier alpha value is -4.26. The van der Waals surface area contributed by atoms with Gasteiger partial charge in [-0.15, -0.1) is 0 Å². The predicted molar refractivity (Wildman–Crippen MR) is 146 cm³/mol. The number of nitrogens with one attached hydrogen (secondary N) is 1. The zero-order valence-corrected chi connectivity index (χ0v) is 20.6. The molecule has 5 aromatic rings. The summed E-state index contributed by atoms with van der Waals surface area (Å²) in [6.45, 7) is 2.95. The molecule has 37 heavy (non-hydrogen) atoms. The summed E-state index contributed by atoms with van der Waals surface area (Å²) in [5.41, 5.74) is 10.00. The van der Waals surface area contributed by atoms with Crippen LogP contribution in [-0.4, -0.2) is 38.2 Å². The molecule has 0 amide bonds. The fourth-order valence-electron chi connectivity index (χ4n) is 4.69. The largest absolute Gasteiger partial charge is 0.481 e. The number of carbonyl (C=O) groups is 1. The van der Waals surface area contributed by atoms with Crippen LogP contribution in [0.25, 0.3) is 39.2 Å². The van der Waals surface area contributed by atoms with Gasteiger partial charge in [0.1, 0.15) is 5.65 Å². The zero-order chi connectivity index (χ0) is 25.8. The molecule has 0 aliphatic rings. The first-order valence-electron chi connectivity index (χ1n) is 12.3. The fourth-order valence-corrected chi connectivity index (χ4v) is 4.69. The van der Waals surface area contributed by atoms with Crippen molar-refractivity contribution in [3.8, 4) is 33.5 Å². The number of hydrogen-bond donors (Lipinski definition) is 3. The molecule has 5 rings (SSSR count). The second-order valence-corrected chi connectivity index (χ2v) is 9.21. The Labute approximate surface area is 215 Å². The van der Waals surface area contributed by atoms with Gasteiger partial charge in [0.2, 0.25) is 0 Å². The van der Waals surface area contributed by atoms with Crippen molar-refractivity contribution in [2.24, 2.45) is 0 Å².